The smallest absolute Gasteiger partial charge is 0.244 e. The molecule has 0 aliphatic heterocycles. The number of nitrogens with zero attached hydrogens (tertiary/aromatic N) is 2. The molecule has 2 aromatic rings. The van der Waals surface area contributed by atoms with Crippen molar-refractivity contribution >= 4 is 27.5 Å². The highest BCUT2D eigenvalue weighted by atomic mass is 32.2. The van der Waals surface area contributed by atoms with Crippen molar-refractivity contribution in [3.8, 4) is 0 Å². The van der Waals surface area contributed by atoms with Crippen molar-refractivity contribution in [2.75, 3.05) is 17.1 Å². The zero-order valence-corrected chi connectivity index (χ0v) is 21.1. The first-order valence-corrected chi connectivity index (χ1v) is 13.7. The van der Waals surface area contributed by atoms with Crippen LogP contribution in [0.4, 0.5) is 5.69 Å². The van der Waals surface area contributed by atoms with Crippen LogP contribution in [-0.2, 0) is 26.2 Å². The minimum atomic E-state index is -3.71. The van der Waals surface area contributed by atoms with Gasteiger partial charge in [-0.1, -0.05) is 61.7 Å². The molecule has 2 aromatic carbocycles. The molecule has 0 aromatic heterocycles. The molecule has 1 saturated carbocycles. The van der Waals surface area contributed by atoms with Gasteiger partial charge in [0, 0.05) is 12.6 Å². The Hall–Kier alpha value is -2.87. The van der Waals surface area contributed by atoms with E-state index in [1.54, 1.807) is 37.3 Å². The van der Waals surface area contributed by atoms with Crippen molar-refractivity contribution < 1.29 is 18.0 Å². The van der Waals surface area contributed by atoms with E-state index in [2.05, 4.69) is 5.32 Å². The monoisotopic (exact) mass is 485 g/mol. The normalized spacial score (nSPS) is 15.4. The highest BCUT2D eigenvalue weighted by molar-refractivity contribution is 7.92. The second-order valence-electron chi connectivity index (χ2n) is 9.07. The Morgan fingerprint density at radius 3 is 2.24 bits per heavy atom. The Labute approximate surface area is 203 Å². The van der Waals surface area contributed by atoms with Crippen LogP contribution in [0, 0.1) is 6.92 Å². The van der Waals surface area contributed by atoms with Gasteiger partial charge in [-0.25, -0.2) is 8.42 Å². The van der Waals surface area contributed by atoms with E-state index < -0.39 is 22.0 Å². The molecule has 1 aliphatic rings. The number of carbonyl (C=O) groups excluding carboxylic acids is 2. The van der Waals surface area contributed by atoms with Gasteiger partial charge in [0.2, 0.25) is 21.8 Å². The van der Waals surface area contributed by atoms with Crippen LogP contribution in [0.3, 0.4) is 0 Å². The first-order chi connectivity index (χ1) is 16.2. The molecule has 0 bridgehead atoms. The molecule has 184 valence electrons. The van der Waals surface area contributed by atoms with Crippen molar-refractivity contribution in [3.63, 3.8) is 0 Å². The van der Waals surface area contributed by atoms with Gasteiger partial charge in [-0.3, -0.25) is 13.9 Å². The molecule has 1 N–H and O–H groups in total. The van der Waals surface area contributed by atoms with Crippen LogP contribution in [0.2, 0.25) is 0 Å². The van der Waals surface area contributed by atoms with E-state index in [0.29, 0.717) is 5.69 Å². The molecule has 1 aliphatic carbocycles. The molecule has 8 heteroatoms. The fourth-order valence-corrected chi connectivity index (χ4v) is 5.18. The largest absolute Gasteiger partial charge is 0.352 e. The molecular formula is C26H35N3O4S. The maximum Gasteiger partial charge on any atom is 0.244 e. The van der Waals surface area contributed by atoms with E-state index in [1.165, 1.54) is 11.3 Å². The zero-order chi connectivity index (χ0) is 24.7. The quantitative estimate of drug-likeness (QED) is 0.588. The first kappa shape index (κ1) is 25.7. The summed E-state index contributed by atoms with van der Waals surface area (Å²) in [6.45, 7) is 3.51. The molecule has 0 radical (unpaired) electrons. The van der Waals surface area contributed by atoms with Gasteiger partial charge in [0.1, 0.15) is 12.6 Å². The van der Waals surface area contributed by atoms with Crippen LogP contribution in [0.15, 0.2) is 54.6 Å². The van der Waals surface area contributed by atoms with E-state index in [1.807, 2.05) is 31.2 Å². The predicted octanol–water partition coefficient (Wildman–Crippen LogP) is 3.63. The van der Waals surface area contributed by atoms with Crippen LogP contribution in [0.25, 0.3) is 0 Å². The van der Waals surface area contributed by atoms with Gasteiger partial charge in [0.05, 0.1) is 11.9 Å². The summed E-state index contributed by atoms with van der Waals surface area (Å²) < 4.78 is 26.2. The fraction of sp³-hybridized carbons (Fsp3) is 0.462. The summed E-state index contributed by atoms with van der Waals surface area (Å²) in [6, 6.07) is 15.6. The molecule has 0 unspecified atom stereocenters. The van der Waals surface area contributed by atoms with E-state index in [-0.39, 0.29) is 25.0 Å². The number of hydrogen-bond donors (Lipinski definition) is 1. The summed E-state index contributed by atoms with van der Waals surface area (Å²) in [7, 11) is -3.71. The average Bonchev–Trinajstić information content (AvgIpc) is 2.82. The van der Waals surface area contributed by atoms with Gasteiger partial charge in [0.15, 0.2) is 0 Å². The highest BCUT2D eigenvalue weighted by Crippen LogP contribution is 2.21. The molecule has 3 rings (SSSR count). The van der Waals surface area contributed by atoms with Gasteiger partial charge >= 0.3 is 0 Å². The maximum atomic E-state index is 13.6. The standard InChI is InChI=1S/C26H35N3O4S/c1-20-12-10-11-13-22(20)18-28(21(2)26(31)27-23-14-6-4-7-15-23)25(30)19-29(34(3,32)33)24-16-8-5-9-17-24/h5,8-13,16-17,21,23H,4,6-7,14-15,18-19H2,1-3H3,(H,27,31)/t21-/m0/s1. The summed E-state index contributed by atoms with van der Waals surface area (Å²) in [6.07, 6.45) is 6.33. The van der Waals surface area contributed by atoms with Gasteiger partial charge < -0.3 is 10.2 Å². The number of benzene rings is 2. The lowest BCUT2D eigenvalue weighted by molar-refractivity contribution is -0.139. The van der Waals surface area contributed by atoms with Crippen LogP contribution < -0.4 is 9.62 Å². The average molecular weight is 486 g/mol. The number of hydrogen-bond acceptors (Lipinski definition) is 4. The lowest BCUT2D eigenvalue weighted by Crippen LogP contribution is -2.53. The molecule has 0 spiro atoms. The van der Waals surface area contributed by atoms with E-state index in [0.717, 1.165) is 47.4 Å². The van der Waals surface area contributed by atoms with E-state index >= 15 is 0 Å². The lowest BCUT2D eigenvalue weighted by Gasteiger charge is -2.33. The molecular weight excluding hydrogens is 450 g/mol. The second kappa shape index (κ2) is 11.5. The third kappa shape index (κ3) is 6.82. The van der Waals surface area contributed by atoms with Crippen LogP contribution >= 0.6 is 0 Å². The number of para-hydroxylation sites is 1. The van der Waals surface area contributed by atoms with Crippen molar-refractivity contribution in [2.45, 2.75) is 64.6 Å². The Bertz CT molecular complexity index is 1080. The number of sulfonamides is 1. The third-order valence-corrected chi connectivity index (χ3v) is 7.58. The van der Waals surface area contributed by atoms with Crippen molar-refractivity contribution in [1.82, 2.24) is 10.2 Å². The van der Waals surface area contributed by atoms with Gasteiger partial charge in [-0.15, -0.1) is 0 Å². The predicted molar refractivity (Wildman–Crippen MR) is 135 cm³/mol. The van der Waals surface area contributed by atoms with E-state index in [4.69, 9.17) is 0 Å². The first-order valence-electron chi connectivity index (χ1n) is 11.8. The molecule has 1 fully saturated rings. The number of nitrogens with one attached hydrogen (secondary N) is 1. The third-order valence-electron chi connectivity index (χ3n) is 6.44. The minimum Gasteiger partial charge on any atom is -0.352 e. The number of amides is 2. The highest BCUT2D eigenvalue weighted by Gasteiger charge is 2.31. The summed E-state index contributed by atoms with van der Waals surface area (Å²) >= 11 is 0. The topological polar surface area (TPSA) is 86.8 Å². The molecule has 0 saturated heterocycles. The molecule has 34 heavy (non-hydrogen) atoms. The summed E-state index contributed by atoms with van der Waals surface area (Å²) in [5.41, 5.74) is 2.33. The summed E-state index contributed by atoms with van der Waals surface area (Å²) in [5.74, 6) is -0.636. The Morgan fingerprint density at radius 2 is 1.62 bits per heavy atom. The summed E-state index contributed by atoms with van der Waals surface area (Å²) in [5, 5.41) is 3.10. The van der Waals surface area contributed by atoms with Gasteiger partial charge in [0.25, 0.3) is 0 Å². The second-order valence-corrected chi connectivity index (χ2v) is 11.0. The number of carbonyl (C=O) groups is 2. The van der Waals surface area contributed by atoms with Gasteiger partial charge in [-0.2, -0.15) is 0 Å². The zero-order valence-electron chi connectivity index (χ0n) is 20.2. The Balaban J connectivity index is 1.86. The number of rotatable bonds is 9. The van der Waals surface area contributed by atoms with Crippen LogP contribution in [0.5, 0.6) is 0 Å². The van der Waals surface area contributed by atoms with E-state index in [9.17, 15) is 18.0 Å². The molecule has 2 amide bonds. The lowest BCUT2D eigenvalue weighted by atomic mass is 9.95. The number of anilines is 1. The molecule has 0 heterocycles. The van der Waals surface area contributed by atoms with Crippen molar-refractivity contribution in [3.05, 3.63) is 65.7 Å². The fourth-order valence-electron chi connectivity index (χ4n) is 4.33. The maximum absolute atomic E-state index is 13.6. The van der Waals surface area contributed by atoms with Crippen molar-refractivity contribution in [2.24, 2.45) is 0 Å². The number of aryl methyl sites for hydroxylation is 1. The van der Waals surface area contributed by atoms with Gasteiger partial charge in [-0.05, 0) is 49.9 Å². The van der Waals surface area contributed by atoms with Crippen molar-refractivity contribution in [1.29, 1.82) is 0 Å². The minimum absolute atomic E-state index is 0.121. The van der Waals surface area contributed by atoms with Crippen LogP contribution in [-0.4, -0.2) is 50.0 Å². The van der Waals surface area contributed by atoms with Crippen LogP contribution in [0.1, 0.15) is 50.2 Å². The summed E-state index contributed by atoms with van der Waals surface area (Å²) in [4.78, 5) is 28.2. The molecule has 1 atom stereocenters. The Morgan fingerprint density at radius 1 is 1.00 bits per heavy atom. The SMILES string of the molecule is Cc1ccccc1CN(C(=O)CN(c1ccccc1)S(C)(=O)=O)[C@@H](C)C(=O)NC1CCCCC1. The Kier molecular flexibility index (Phi) is 8.72. The molecule has 7 nitrogen and oxygen atoms in total.